The Morgan fingerprint density at radius 2 is 1.85 bits per heavy atom. The molecule has 0 aromatic carbocycles. The number of amides is 5. The van der Waals surface area contributed by atoms with Gasteiger partial charge >= 0.3 is 0 Å². The Labute approximate surface area is 229 Å². The lowest BCUT2D eigenvalue weighted by Crippen LogP contribution is -2.61. The summed E-state index contributed by atoms with van der Waals surface area (Å²) in [4.78, 5) is 65.9. The first-order valence-corrected chi connectivity index (χ1v) is 13.7. The molecule has 0 unspecified atom stereocenters. The van der Waals surface area contributed by atoms with Gasteiger partial charge in [0.25, 0.3) is 23.4 Å². The molecule has 0 spiro atoms. The number of nitrogens with zero attached hydrogens (tertiary/aromatic N) is 2. The van der Waals surface area contributed by atoms with Crippen LogP contribution in [0.25, 0.3) is 0 Å². The number of alkyl halides is 4. The molecule has 3 N–H and O–H groups in total. The van der Waals surface area contributed by atoms with Crippen LogP contribution >= 0.6 is 11.6 Å². The van der Waals surface area contributed by atoms with Crippen LogP contribution in [0.3, 0.4) is 0 Å². The average molecular weight is 578 g/mol. The summed E-state index contributed by atoms with van der Waals surface area (Å²) < 4.78 is 40.9. The van der Waals surface area contributed by atoms with E-state index >= 15 is 0 Å². The maximum absolute atomic E-state index is 13.9. The summed E-state index contributed by atoms with van der Waals surface area (Å²) in [6, 6.07) is -2.23. The minimum absolute atomic E-state index is 0.0134. The minimum Gasteiger partial charge on any atom is -0.356 e. The molecule has 2 aliphatic carbocycles. The lowest BCUT2D eigenvalue weighted by atomic mass is 9.85. The van der Waals surface area contributed by atoms with E-state index in [1.165, 1.54) is 4.90 Å². The highest BCUT2D eigenvalue weighted by atomic mass is 35.5. The van der Waals surface area contributed by atoms with Gasteiger partial charge in [-0.15, -0.1) is 0 Å². The van der Waals surface area contributed by atoms with Crippen LogP contribution in [0.4, 0.5) is 13.2 Å². The molecule has 7 atom stereocenters. The fourth-order valence-electron chi connectivity index (χ4n) is 5.97. The summed E-state index contributed by atoms with van der Waals surface area (Å²) in [5.41, 5.74) is -0.927. The van der Waals surface area contributed by atoms with Crippen molar-refractivity contribution in [2.24, 2.45) is 29.1 Å². The quantitative estimate of drug-likeness (QED) is 0.311. The zero-order valence-corrected chi connectivity index (χ0v) is 22.9. The first-order chi connectivity index (χ1) is 18.1. The van der Waals surface area contributed by atoms with Gasteiger partial charge in [-0.2, -0.15) is 0 Å². The molecule has 0 aromatic heterocycles. The van der Waals surface area contributed by atoms with Crippen LogP contribution in [0.5, 0.6) is 0 Å². The summed E-state index contributed by atoms with van der Waals surface area (Å²) in [6.07, 6.45) is 2.02. The second-order valence-corrected chi connectivity index (χ2v) is 12.5. The Hall–Kier alpha value is -2.57. The zero-order chi connectivity index (χ0) is 28.9. The fraction of sp³-hybridized carbons (Fsp3) is 0.800. The van der Waals surface area contributed by atoms with Gasteiger partial charge in [0.05, 0.1) is 12.5 Å². The SMILES string of the molecule is CC(C)(C)[C@H](NC(=O)[C@H]1CC1(F)F)C(=O)N1C[C@@H]2CCC[C@@H]2[C@H]1C(=O)NN(C[C@@H]1CCNC1=O)C(=O)[C@@H](F)Cl. The molecule has 218 valence electrons. The third-order valence-corrected chi connectivity index (χ3v) is 8.43. The number of halogens is 4. The van der Waals surface area contributed by atoms with E-state index in [0.717, 1.165) is 12.8 Å². The molecule has 2 saturated carbocycles. The number of hydrazine groups is 1. The highest BCUT2D eigenvalue weighted by Crippen LogP contribution is 2.49. The Bertz CT molecular complexity index is 1040. The van der Waals surface area contributed by atoms with Crippen molar-refractivity contribution in [2.75, 3.05) is 19.6 Å². The van der Waals surface area contributed by atoms with E-state index in [4.69, 9.17) is 11.6 Å². The molecule has 2 heterocycles. The first-order valence-electron chi connectivity index (χ1n) is 13.3. The molecule has 2 aliphatic heterocycles. The largest absolute Gasteiger partial charge is 0.356 e. The van der Waals surface area contributed by atoms with Gasteiger partial charge in [-0.05, 0) is 36.5 Å². The second-order valence-electron chi connectivity index (χ2n) is 12.1. The molecule has 14 heteroatoms. The van der Waals surface area contributed by atoms with E-state index in [0.29, 0.717) is 24.4 Å². The molecule has 0 radical (unpaired) electrons. The average Bonchev–Trinajstić information content (AvgIpc) is 3.22. The normalized spacial score (nSPS) is 30.7. The van der Waals surface area contributed by atoms with E-state index < -0.39 is 70.9 Å². The molecular weight excluding hydrogens is 543 g/mol. The number of carbonyl (C=O) groups is 5. The summed E-state index contributed by atoms with van der Waals surface area (Å²) in [7, 11) is 0. The number of hydrogen-bond donors (Lipinski definition) is 3. The van der Waals surface area contributed by atoms with Crippen LogP contribution in [-0.4, -0.2) is 82.7 Å². The molecule has 5 amide bonds. The summed E-state index contributed by atoms with van der Waals surface area (Å²) in [6.45, 7) is 5.34. The van der Waals surface area contributed by atoms with Crippen LogP contribution in [0.15, 0.2) is 0 Å². The van der Waals surface area contributed by atoms with Crippen molar-refractivity contribution in [2.45, 2.75) is 76.5 Å². The highest BCUT2D eigenvalue weighted by Gasteiger charge is 2.62. The maximum Gasteiger partial charge on any atom is 0.291 e. The Kier molecular flexibility index (Phi) is 8.13. The predicted octanol–water partition coefficient (Wildman–Crippen LogP) is 1.33. The van der Waals surface area contributed by atoms with E-state index in [1.54, 1.807) is 20.8 Å². The van der Waals surface area contributed by atoms with Crippen molar-refractivity contribution < 1.29 is 37.1 Å². The molecule has 2 saturated heterocycles. The van der Waals surface area contributed by atoms with Crippen molar-refractivity contribution in [3.05, 3.63) is 0 Å². The Balaban J connectivity index is 1.55. The van der Waals surface area contributed by atoms with E-state index in [2.05, 4.69) is 16.1 Å². The predicted molar refractivity (Wildman–Crippen MR) is 132 cm³/mol. The fourth-order valence-corrected chi connectivity index (χ4v) is 6.09. The molecule has 10 nitrogen and oxygen atoms in total. The number of carbonyl (C=O) groups excluding carboxylic acids is 5. The minimum atomic E-state index is -3.11. The molecule has 0 aromatic rings. The lowest BCUT2D eigenvalue weighted by Gasteiger charge is -2.37. The van der Waals surface area contributed by atoms with Crippen molar-refractivity contribution >= 4 is 41.1 Å². The van der Waals surface area contributed by atoms with Gasteiger partial charge in [0.1, 0.15) is 18.0 Å². The Morgan fingerprint density at radius 3 is 2.38 bits per heavy atom. The third kappa shape index (κ3) is 6.12. The van der Waals surface area contributed by atoms with Crippen LogP contribution < -0.4 is 16.1 Å². The number of likely N-dealkylation sites (tertiary alicyclic amines) is 1. The van der Waals surface area contributed by atoms with Gasteiger partial charge in [0.2, 0.25) is 17.7 Å². The van der Waals surface area contributed by atoms with Gasteiger partial charge in [-0.3, -0.25) is 29.4 Å². The van der Waals surface area contributed by atoms with Crippen molar-refractivity contribution in [3.8, 4) is 0 Å². The van der Waals surface area contributed by atoms with Gasteiger partial charge in [0, 0.05) is 19.5 Å². The molecule has 4 fully saturated rings. The van der Waals surface area contributed by atoms with Gasteiger partial charge in [0.15, 0.2) is 0 Å². The van der Waals surface area contributed by atoms with Crippen molar-refractivity contribution in [1.82, 2.24) is 26.0 Å². The molecule has 4 rings (SSSR count). The topological polar surface area (TPSA) is 128 Å². The van der Waals surface area contributed by atoms with Crippen LogP contribution in [0.1, 0.15) is 52.9 Å². The van der Waals surface area contributed by atoms with E-state index in [-0.39, 0.29) is 30.8 Å². The lowest BCUT2D eigenvalue weighted by molar-refractivity contribution is -0.150. The zero-order valence-electron chi connectivity index (χ0n) is 22.1. The maximum atomic E-state index is 13.9. The van der Waals surface area contributed by atoms with Gasteiger partial charge < -0.3 is 15.5 Å². The molecule has 4 aliphatic rings. The van der Waals surface area contributed by atoms with Crippen LogP contribution in [0.2, 0.25) is 0 Å². The summed E-state index contributed by atoms with van der Waals surface area (Å²) >= 11 is 5.38. The van der Waals surface area contributed by atoms with Gasteiger partial charge in [-0.25, -0.2) is 18.2 Å². The van der Waals surface area contributed by atoms with E-state index in [1.807, 2.05) is 0 Å². The summed E-state index contributed by atoms with van der Waals surface area (Å²) in [5, 5.41) is 5.79. The highest BCUT2D eigenvalue weighted by molar-refractivity contribution is 6.29. The molecule has 39 heavy (non-hydrogen) atoms. The third-order valence-electron chi connectivity index (χ3n) is 8.25. The van der Waals surface area contributed by atoms with Crippen LogP contribution in [0, 0.1) is 29.1 Å². The summed E-state index contributed by atoms with van der Waals surface area (Å²) in [5.74, 6) is -9.38. The number of hydrogen-bond acceptors (Lipinski definition) is 5. The number of fused-ring (bicyclic) bond motifs is 1. The smallest absolute Gasteiger partial charge is 0.291 e. The number of nitrogens with one attached hydrogen (secondary N) is 3. The van der Waals surface area contributed by atoms with Crippen LogP contribution in [-0.2, 0) is 24.0 Å². The monoisotopic (exact) mass is 577 g/mol. The Morgan fingerprint density at radius 1 is 1.18 bits per heavy atom. The first kappa shape index (κ1) is 29.4. The molecular formula is C25H35ClF3N5O5. The number of rotatable bonds is 7. The standard InChI is InChI=1S/C25H35ClF3N5O5/c1-24(2,3)17(31-20(36)15-9-25(15,28)29)22(38)33-10-12-5-4-6-14(12)16(33)21(37)32-34(23(39)18(26)27)11-13-7-8-30-19(13)35/h12-18H,4-11H2,1-3H3,(H,30,35)(H,31,36)(H,32,37)/t12-,13-,14-,15+,16-,17+,18+/m0/s1. The van der Waals surface area contributed by atoms with Crippen molar-refractivity contribution in [1.29, 1.82) is 0 Å². The van der Waals surface area contributed by atoms with E-state index in [9.17, 15) is 37.1 Å². The molecule has 0 bridgehead atoms. The van der Waals surface area contributed by atoms with Crippen molar-refractivity contribution in [3.63, 3.8) is 0 Å². The second kappa shape index (κ2) is 10.8. The van der Waals surface area contributed by atoms with Gasteiger partial charge in [-0.1, -0.05) is 38.8 Å².